The van der Waals surface area contributed by atoms with Gasteiger partial charge in [0.05, 0.1) is 5.92 Å². The number of anilines is 1. The van der Waals surface area contributed by atoms with Gasteiger partial charge in [0.15, 0.2) is 0 Å². The SMILES string of the molecule is CC(C)NC(=O)[C@H]1CCNc2ccccc21. The number of amides is 1. The van der Waals surface area contributed by atoms with Crippen LogP contribution in [0.2, 0.25) is 0 Å². The minimum absolute atomic E-state index is 0.000139. The quantitative estimate of drug-likeness (QED) is 0.798. The Morgan fingerprint density at radius 2 is 2.19 bits per heavy atom. The molecule has 3 nitrogen and oxygen atoms in total. The molecule has 16 heavy (non-hydrogen) atoms. The van der Waals surface area contributed by atoms with Crippen LogP contribution in [0.5, 0.6) is 0 Å². The van der Waals surface area contributed by atoms with Crippen LogP contribution >= 0.6 is 0 Å². The molecular weight excluding hydrogens is 200 g/mol. The molecule has 0 saturated heterocycles. The molecule has 1 aliphatic rings. The predicted molar refractivity (Wildman–Crippen MR) is 65.6 cm³/mol. The summed E-state index contributed by atoms with van der Waals surface area (Å²) in [5, 5.41) is 6.31. The van der Waals surface area contributed by atoms with Crippen molar-refractivity contribution in [2.24, 2.45) is 0 Å². The molecule has 1 atom stereocenters. The van der Waals surface area contributed by atoms with Crippen LogP contribution in [0.1, 0.15) is 31.7 Å². The van der Waals surface area contributed by atoms with E-state index in [1.807, 2.05) is 38.1 Å². The lowest BCUT2D eigenvalue weighted by molar-refractivity contribution is -0.123. The fourth-order valence-corrected chi connectivity index (χ4v) is 2.13. The van der Waals surface area contributed by atoms with Crippen LogP contribution in [-0.4, -0.2) is 18.5 Å². The van der Waals surface area contributed by atoms with Crippen LogP contribution in [0.3, 0.4) is 0 Å². The lowest BCUT2D eigenvalue weighted by Crippen LogP contribution is -2.36. The zero-order valence-electron chi connectivity index (χ0n) is 9.79. The maximum absolute atomic E-state index is 12.0. The smallest absolute Gasteiger partial charge is 0.227 e. The molecule has 86 valence electrons. The molecule has 2 rings (SSSR count). The minimum Gasteiger partial charge on any atom is -0.385 e. The van der Waals surface area contributed by atoms with Crippen LogP contribution in [0.25, 0.3) is 0 Å². The van der Waals surface area contributed by atoms with Gasteiger partial charge in [-0.3, -0.25) is 4.79 Å². The zero-order valence-corrected chi connectivity index (χ0v) is 9.79. The van der Waals surface area contributed by atoms with Crippen molar-refractivity contribution < 1.29 is 4.79 Å². The summed E-state index contributed by atoms with van der Waals surface area (Å²) in [6, 6.07) is 8.25. The Hall–Kier alpha value is -1.51. The highest BCUT2D eigenvalue weighted by molar-refractivity contribution is 5.86. The average Bonchev–Trinajstić information content (AvgIpc) is 2.27. The molecule has 0 aromatic heterocycles. The Morgan fingerprint density at radius 3 is 2.94 bits per heavy atom. The van der Waals surface area contributed by atoms with Crippen molar-refractivity contribution in [1.29, 1.82) is 0 Å². The second-order valence-corrected chi connectivity index (χ2v) is 4.52. The highest BCUT2D eigenvalue weighted by Crippen LogP contribution is 2.31. The third-order valence-electron chi connectivity index (χ3n) is 2.83. The third kappa shape index (κ3) is 2.18. The molecule has 0 aliphatic carbocycles. The maximum atomic E-state index is 12.0. The summed E-state index contributed by atoms with van der Waals surface area (Å²) in [5.41, 5.74) is 2.21. The summed E-state index contributed by atoms with van der Waals surface area (Å²) in [7, 11) is 0. The largest absolute Gasteiger partial charge is 0.385 e. The first-order chi connectivity index (χ1) is 7.68. The predicted octanol–water partition coefficient (Wildman–Crippen LogP) is 2.11. The topological polar surface area (TPSA) is 41.1 Å². The molecule has 0 unspecified atom stereocenters. The second kappa shape index (κ2) is 4.56. The van der Waals surface area contributed by atoms with E-state index in [9.17, 15) is 4.79 Å². The Kier molecular flexibility index (Phi) is 3.13. The van der Waals surface area contributed by atoms with Gasteiger partial charge in [-0.15, -0.1) is 0 Å². The van der Waals surface area contributed by atoms with Gasteiger partial charge in [0, 0.05) is 18.3 Å². The number of nitrogens with one attached hydrogen (secondary N) is 2. The Labute approximate surface area is 96.2 Å². The minimum atomic E-state index is -0.000139. The van der Waals surface area contributed by atoms with Crippen LogP contribution in [0, 0.1) is 0 Å². The number of hydrogen-bond donors (Lipinski definition) is 2. The van der Waals surface area contributed by atoms with Gasteiger partial charge in [0.1, 0.15) is 0 Å². The molecule has 0 saturated carbocycles. The van der Waals surface area contributed by atoms with Crippen molar-refractivity contribution in [2.45, 2.75) is 32.2 Å². The summed E-state index contributed by atoms with van der Waals surface area (Å²) in [5.74, 6) is 0.142. The molecule has 3 heteroatoms. The van der Waals surface area contributed by atoms with E-state index in [1.54, 1.807) is 0 Å². The van der Waals surface area contributed by atoms with E-state index in [4.69, 9.17) is 0 Å². The maximum Gasteiger partial charge on any atom is 0.227 e. The molecule has 1 amide bonds. The van der Waals surface area contributed by atoms with E-state index in [0.29, 0.717) is 0 Å². The summed E-state index contributed by atoms with van der Waals surface area (Å²) >= 11 is 0. The van der Waals surface area contributed by atoms with Gasteiger partial charge in [-0.05, 0) is 31.9 Å². The molecule has 2 N–H and O–H groups in total. The van der Waals surface area contributed by atoms with Gasteiger partial charge in [0.2, 0.25) is 5.91 Å². The standard InChI is InChI=1S/C13H18N2O/c1-9(2)15-13(16)11-7-8-14-12-6-4-3-5-10(11)12/h3-6,9,11,14H,7-8H2,1-2H3,(H,15,16)/t11-/m0/s1. The number of benzene rings is 1. The summed E-state index contributed by atoms with van der Waals surface area (Å²) in [4.78, 5) is 12.0. The molecule has 1 aromatic carbocycles. The number of carbonyl (C=O) groups excluding carboxylic acids is 1. The van der Waals surface area contributed by atoms with Gasteiger partial charge in [-0.2, -0.15) is 0 Å². The van der Waals surface area contributed by atoms with Crippen molar-refractivity contribution in [1.82, 2.24) is 5.32 Å². The Morgan fingerprint density at radius 1 is 1.44 bits per heavy atom. The molecule has 0 spiro atoms. The molecule has 0 fully saturated rings. The second-order valence-electron chi connectivity index (χ2n) is 4.52. The van der Waals surface area contributed by atoms with Gasteiger partial charge in [0.25, 0.3) is 0 Å². The van der Waals surface area contributed by atoms with E-state index in [-0.39, 0.29) is 17.9 Å². The van der Waals surface area contributed by atoms with Crippen molar-refractivity contribution in [2.75, 3.05) is 11.9 Å². The Bertz CT molecular complexity index is 387. The highest BCUT2D eigenvalue weighted by Gasteiger charge is 2.26. The first-order valence-corrected chi connectivity index (χ1v) is 5.81. The van der Waals surface area contributed by atoms with Crippen LogP contribution in [-0.2, 0) is 4.79 Å². The first kappa shape index (κ1) is 11.0. The van der Waals surface area contributed by atoms with Crippen molar-refractivity contribution >= 4 is 11.6 Å². The summed E-state index contributed by atoms with van der Waals surface area (Å²) in [6.45, 7) is 4.85. The van der Waals surface area contributed by atoms with Crippen molar-refractivity contribution in [3.8, 4) is 0 Å². The molecular formula is C13H18N2O. The third-order valence-corrected chi connectivity index (χ3v) is 2.83. The zero-order chi connectivity index (χ0) is 11.5. The first-order valence-electron chi connectivity index (χ1n) is 5.81. The molecule has 1 heterocycles. The molecule has 1 aliphatic heterocycles. The van der Waals surface area contributed by atoms with E-state index in [2.05, 4.69) is 10.6 Å². The van der Waals surface area contributed by atoms with Crippen LogP contribution in [0.4, 0.5) is 5.69 Å². The highest BCUT2D eigenvalue weighted by atomic mass is 16.1. The Balaban J connectivity index is 2.21. The lowest BCUT2D eigenvalue weighted by Gasteiger charge is -2.26. The van der Waals surface area contributed by atoms with Crippen molar-refractivity contribution in [3.63, 3.8) is 0 Å². The van der Waals surface area contributed by atoms with E-state index in [1.165, 1.54) is 0 Å². The monoisotopic (exact) mass is 218 g/mol. The number of para-hydroxylation sites is 1. The van der Waals surface area contributed by atoms with E-state index >= 15 is 0 Å². The van der Waals surface area contributed by atoms with Crippen LogP contribution < -0.4 is 10.6 Å². The van der Waals surface area contributed by atoms with Gasteiger partial charge < -0.3 is 10.6 Å². The average molecular weight is 218 g/mol. The molecule has 0 bridgehead atoms. The lowest BCUT2D eigenvalue weighted by atomic mass is 9.90. The van der Waals surface area contributed by atoms with Crippen molar-refractivity contribution in [3.05, 3.63) is 29.8 Å². The number of hydrogen-bond acceptors (Lipinski definition) is 2. The number of fused-ring (bicyclic) bond motifs is 1. The normalized spacial score (nSPS) is 18.8. The number of rotatable bonds is 2. The summed E-state index contributed by atoms with van der Waals surface area (Å²) in [6.07, 6.45) is 0.871. The van der Waals surface area contributed by atoms with Gasteiger partial charge in [-0.1, -0.05) is 18.2 Å². The van der Waals surface area contributed by atoms with Gasteiger partial charge >= 0.3 is 0 Å². The molecule has 0 radical (unpaired) electrons. The summed E-state index contributed by atoms with van der Waals surface area (Å²) < 4.78 is 0. The molecule has 1 aromatic rings. The fourth-order valence-electron chi connectivity index (χ4n) is 2.13. The fraction of sp³-hybridized carbons (Fsp3) is 0.462. The van der Waals surface area contributed by atoms with Crippen LogP contribution in [0.15, 0.2) is 24.3 Å². The van der Waals surface area contributed by atoms with Gasteiger partial charge in [-0.25, -0.2) is 0 Å². The van der Waals surface area contributed by atoms with E-state index in [0.717, 1.165) is 24.2 Å². The number of carbonyl (C=O) groups is 1. The van der Waals surface area contributed by atoms with E-state index < -0.39 is 0 Å².